The summed E-state index contributed by atoms with van der Waals surface area (Å²) in [7, 11) is 0. The molecular formula is C12H16N4. The fourth-order valence-corrected chi connectivity index (χ4v) is 1.56. The van der Waals surface area contributed by atoms with Crippen LogP contribution in [0.2, 0.25) is 0 Å². The van der Waals surface area contributed by atoms with Crippen molar-refractivity contribution < 1.29 is 0 Å². The van der Waals surface area contributed by atoms with Crippen LogP contribution in [0.4, 0.5) is 0 Å². The standard InChI is InChI=1S/C12H16N4/c1-9(12-5-3-4-6-13-12)14-7-11-8-15-10(2)16-11/h3-6,8-9,14H,7H2,1-2H3,(H,15,16)/t9-/m0/s1. The highest BCUT2D eigenvalue weighted by atomic mass is 15.0. The minimum absolute atomic E-state index is 0.241. The van der Waals surface area contributed by atoms with E-state index in [0.29, 0.717) is 0 Å². The summed E-state index contributed by atoms with van der Waals surface area (Å²) < 4.78 is 0. The predicted molar refractivity (Wildman–Crippen MR) is 62.8 cm³/mol. The Kier molecular flexibility index (Phi) is 3.31. The molecule has 2 heterocycles. The van der Waals surface area contributed by atoms with E-state index in [9.17, 15) is 0 Å². The maximum Gasteiger partial charge on any atom is 0.103 e. The Bertz CT molecular complexity index is 435. The van der Waals surface area contributed by atoms with Crippen LogP contribution in [-0.4, -0.2) is 15.0 Å². The molecule has 0 spiro atoms. The smallest absolute Gasteiger partial charge is 0.103 e. The van der Waals surface area contributed by atoms with E-state index in [1.165, 1.54) is 0 Å². The minimum Gasteiger partial charge on any atom is -0.345 e. The van der Waals surface area contributed by atoms with E-state index in [2.05, 4.69) is 27.2 Å². The number of H-pyrrole nitrogens is 1. The zero-order chi connectivity index (χ0) is 11.4. The Morgan fingerprint density at radius 3 is 2.88 bits per heavy atom. The molecule has 0 radical (unpaired) electrons. The van der Waals surface area contributed by atoms with Gasteiger partial charge >= 0.3 is 0 Å². The highest BCUT2D eigenvalue weighted by Gasteiger charge is 2.05. The van der Waals surface area contributed by atoms with E-state index >= 15 is 0 Å². The maximum atomic E-state index is 4.31. The molecule has 4 nitrogen and oxygen atoms in total. The van der Waals surface area contributed by atoms with E-state index in [4.69, 9.17) is 0 Å². The van der Waals surface area contributed by atoms with E-state index in [1.807, 2.05) is 37.5 Å². The SMILES string of the molecule is Cc1ncc(CN[C@@H](C)c2ccccn2)[nH]1. The number of imidazole rings is 1. The number of rotatable bonds is 4. The summed E-state index contributed by atoms with van der Waals surface area (Å²) in [6, 6.07) is 6.19. The average Bonchev–Trinajstić information content (AvgIpc) is 2.73. The third-order valence-electron chi connectivity index (χ3n) is 2.49. The molecule has 0 aromatic carbocycles. The zero-order valence-corrected chi connectivity index (χ0v) is 9.57. The molecule has 4 heteroatoms. The van der Waals surface area contributed by atoms with Gasteiger partial charge in [0.15, 0.2) is 0 Å². The van der Waals surface area contributed by atoms with Gasteiger partial charge in [-0.15, -0.1) is 0 Å². The molecule has 0 fully saturated rings. The molecule has 16 heavy (non-hydrogen) atoms. The second-order valence-electron chi connectivity index (χ2n) is 3.85. The van der Waals surface area contributed by atoms with E-state index in [-0.39, 0.29) is 6.04 Å². The number of aromatic nitrogens is 3. The topological polar surface area (TPSA) is 53.6 Å². The van der Waals surface area contributed by atoms with Crippen LogP contribution < -0.4 is 5.32 Å². The molecule has 0 saturated heterocycles. The molecule has 0 aliphatic carbocycles. The van der Waals surface area contributed by atoms with Gasteiger partial charge in [-0.2, -0.15) is 0 Å². The van der Waals surface area contributed by atoms with Crippen LogP contribution in [0.5, 0.6) is 0 Å². The summed E-state index contributed by atoms with van der Waals surface area (Å²) in [5, 5.41) is 3.39. The number of nitrogens with zero attached hydrogens (tertiary/aromatic N) is 2. The van der Waals surface area contributed by atoms with Gasteiger partial charge in [0.05, 0.1) is 5.69 Å². The lowest BCUT2D eigenvalue weighted by molar-refractivity contribution is 0.556. The monoisotopic (exact) mass is 216 g/mol. The molecular weight excluding hydrogens is 200 g/mol. The molecule has 84 valence electrons. The van der Waals surface area contributed by atoms with Crippen molar-refractivity contribution >= 4 is 0 Å². The fraction of sp³-hybridized carbons (Fsp3) is 0.333. The molecule has 0 bridgehead atoms. The predicted octanol–water partition coefficient (Wildman–Crippen LogP) is 1.96. The third kappa shape index (κ3) is 2.67. The number of pyridine rings is 1. The Hall–Kier alpha value is -1.68. The lowest BCUT2D eigenvalue weighted by atomic mass is 10.2. The molecule has 2 aromatic rings. The van der Waals surface area contributed by atoms with Gasteiger partial charge < -0.3 is 10.3 Å². The Morgan fingerprint density at radius 2 is 2.25 bits per heavy atom. The van der Waals surface area contributed by atoms with Gasteiger partial charge in [0, 0.05) is 30.7 Å². The number of aromatic amines is 1. The second-order valence-corrected chi connectivity index (χ2v) is 3.85. The first kappa shape index (κ1) is 10.8. The van der Waals surface area contributed by atoms with Gasteiger partial charge in [-0.1, -0.05) is 6.07 Å². The average molecular weight is 216 g/mol. The van der Waals surface area contributed by atoms with Crippen LogP contribution in [0.1, 0.15) is 30.2 Å². The summed E-state index contributed by atoms with van der Waals surface area (Å²) >= 11 is 0. The van der Waals surface area contributed by atoms with Crippen molar-refractivity contribution in [1.29, 1.82) is 0 Å². The molecule has 0 unspecified atom stereocenters. The number of hydrogen-bond acceptors (Lipinski definition) is 3. The second kappa shape index (κ2) is 4.90. The first-order valence-corrected chi connectivity index (χ1v) is 5.40. The summed E-state index contributed by atoms with van der Waals surface area (Å²) in [6.07, 6.45) is 3.67. The molecule has 0 amide bonds. The van der Waals surface area contributed by atoms with Crippen molar-refractivity contribution in [2.24, 2.45) is 0 Å². The van der Waals surface area contributed by atoms with Gasteiger partial charge in [-0.05, 0) is 26.0 Å². The van der Waals surface area contributed by atoms with Gasteiger partial charge in [0.1, 0.15) is 5.82 Å². The zero-order valence-electron chi connectivity index (χ0n) is 9.57. The normalized spacial score (nSPS) is 12.6. The van der Waals surface area contributed by atoms with Crippen LogP contribution in [-0.2, 0) is 6.54 Å². The molecule has 0 saturated carbocycles. The van der Waals surface area contributed by atoms with Crippen molar-refractivity contribution in [2.75, 3.05) is 0 Å². The molecule has 0 aliphatic rings. The maximum absolute atomic E-state index is 4.31. The van der Waals surface area contributed by atoms with Crippen LogP contribution in [0.25, 0.3) is 0 Å². The first-order chi connectivity index (χ1) is 7.75. The van der Waals surface area contributed by atoms with Crippen molar-refractivity contribution in [3.05, 3.63) is 47.8 Å². The lowest BCUT2D eigenvalue weighted by Crippen LogP contribution is -2.19. The van der Waals surface area contributed by atoms with E-state index in [0.717, 1.165) is 23.8 Å². The molecule has 1 atom stereocenters. The highest BCUT2D eigenvalue weighted by Crippen LogP contribution is 2.08. The van der Waals surface area contributed by atoms with Gasteiger partial charge in [-0.25, -0.2) is 4.98 Å². The quantitative estimate of drug-likeness (QED) is 0.821. The Labute approximate surface area is 95.1 Å². The molecule has 2 rings (SSSR count). The largest absolute Gasteiger partial charge is 0.345 e. The van der Waals surface area contributed by atoms with Crippen molar-refractivity contribution in [3.8, 4) is 0 Å². The van der Waals surface area contributed by atoms with Crippen molar-refractivity contribution in [1.82, 2.24) is 20.3 Å². The number of hydrogen-bond donors (Lipinski definition) is 2. The van der Waals surface area contributed by atoms with Crippen LogP contribution >= 0.6 is 0 Å². The summed E-state index contributed by atoms with van der Waals surface area (Å²) in [5.74, 6) is 0.947. The third-order valence-corrected chi connectivity index (χ3v) is 2.49. The van der Waals surface area contributed by atoms with Gasteiger partial charge in [-0.3, -0.25) is 4.98 Å². The lowest BCUT2D eigenvalue weighted by Gasteiger charge is -2.11. The van der Waals surface area contributed by atoms with Crippen molar-refractivity contribution in [2.45, 2.75) is 26.4 Å². The first-order valence-electron chi connectivity index (χ1n) is 5.40. The molecule has 0 aliphatic heterocycles. The number of nitrogens with one attached hydrogen (secondary N) is 2. The number of aryl methyl sites for hydroxylation is 1. The van der Waals surface area contributed by atoms with Crippen LogP contribution in [0, 0.1) is 6.92 Å². The van der Waals surface area contributed by atoms with E-state index in [1.54, 1.807) is 0 Å². The summed E-state index contributed by atoms with van der Waals surface area (Å²) in [6.45, 7) is 4.83. The summed E-state index contributed by atoms with van der Waals surface area (Å²) in [5.41, 5.74) is 2.15. The fourth-order valence-electron chi connectivity index (χ4n) is 1.56. The highest BCUT2D eigenvalue weighted by molar-refractivity contribution is 5.08. The van der Waals surface area contributed by atoms with Crippen molar-refractivity contribution in [3.63, 3.8) is 0 Å². The molecule has 2 aromatic heterocycles. The van der Waals surface area contributed by atoms with Gasteiger partial charge in [0.25, 0.3) is 0 Å². The van der Waals surface area contributed by atoms with Crippen LogP contribution in [0.3, 0.4) is 0 Å². The van der Waals surface area contributed by atoms with Gasteiger partial charge in [0.2, 0.25) is 0 Å². The molecule has 2 N–H and O–H groups in total. The Balaban J connectivity index is 1.91. The minimum atomic E-state index is 0.241. The Morgan fingerprint density at radius 1 is 1.38 bits per heavy atom. The van der Waals surface area contributed by atoms with E-state index < -0.39 is 0 Å². The van der Waals surface area contributed by atoms with Crippen LogP contribution in [0.15, 0.2) is 30.6 Å². The summed E-state index contributed by atoms with van der Waals surface area (Å²) in [4.78, 5) is 11.7.